The normalized spacial score (nSPS) is 10.0. The number of hydrogen-bond acceptors (Lipinski definition) is 3. The van der Waals surface area contributed by atoms with Crippen LogP contribution in [0.25, 0.3) is 0 Å². The van der Waals surface area contributed by atoms with E-state index >= 15 is 0 Å². The third-order valence-electron chi connectivity index (χ3n) is 1.42. The highest BCUT2D eigenvalue weighted by Crippen LogP contribution is 2.07. The molecule has 3 heteroatoms. The first-order valence-electron chi connectivity index (χ1n) is 3.52. The fraction of sp³-hybridized carbons (Fsp3) is 0.375. The second kappa shape index (κ2) is 3.34. The molecule has 3 nitrogen and oxygen atoms in total. The highest BCUT2D eigenvalue weighted by molar-refractivity contribution is 5.95. The van der Waals surface area contributed by atoms with E-state index in [1.165, 1.54) is 6.26 Å². The summed E-state index contributed by atoms with van der Waals surface area (Å²) in [4.78, 5) is 11.1. The van der Waals surface area contributed by atoms with Gasteiger partial charge in [0, 0.05) is 6.42 Å². The van der Waals surface area contributed by atoms with E-state index in [0.29, 0.717) is 18.5 Å². The zero-order valence-corrected chi connectivity index (χ0v) is 6.46. The monoisotopic (exact) mass is 153 g/mol. The van der Waals surface area contributed by atoms with Gasteiger partial charge in [0.05, 0.1) is 5.56 Å². The van der Waals surface area contributed by atoms with Crippen LogP contribution in [0.5, 0.6) is 0 Å². The van der Waals surface area contributed by atoms with Gasteiger partial charge in [0.25, 0.3) is 0 Å². The average molecular weight is 153 g/mol. The second-order valence-electron chi connectivity index (χ2n) is 2.41. The molecule has 1 rings (SSSR count). The van der Waals surface area contributed by atoms with Crippen molar-refractivity contribution >= 4 is 5.78 Å². The number of hydrogen-bond donors (Lipinski definition) is 1. The molecule has 0 bridgehead atoms. The number of furan rings is 1. The Balaban J connectivity index is 2.69. The number of aryl methyl sites for hydroxylation is 1. The lowest BCUT2D eigenvalue weighted by Crippen LogP contribution is -2.06. The van der Waals surface area contributed by atoms with Crippen LogP contribution in [-0.4, -0.2) is 12.3 Å². The minimum atomic E-state index is 0.0457. The summed E-state index contributed by atoms with van der Waals surface area (Å²) in [6.45, 7) is 2.20. The third-order valence-corrected chi connectivity index (χ3v) is 1.42. The minimum absolute atomic E-state index is 0.0457. The van der Waals surface area contributed by atoms with Crippen molar-refractivity contribution in [2.45, 2.75) is 13.3 Å². The average Bonchev–Trinajstić information content (AvgIpc) is 2.36. The molecule has 0 aliphatic rings. The van der Waals surface area contributed by atoms with Crippen LogP contribution in [0.2, 0.25) is 0 Å². The van der Waals surface area contributed by atoms with E-state index < -0.39 is 0 Å². The van der Waals surface area contributed by atoms with Crippen LogP contribution in [-0.2, 0) is 0 Å². The van der Waals surface area contributed by atoms with Gasteiger partial charge in [-0.05, 0) is 19.5 Å². The molecule has 0 spiro atoms. The van der Waals surface area contributed by atoms with Crippen molar-refractivity contribution in [2.75, 3.05) is 6.54 Å². The molecule has 1 heterocycles. The van der Waals surface area contributed by atoms with Gasteiger partial charge in [-0.1, -0.05) is 0 Å². The Morgan fingerprint density at radius 1 is 1.73 bits per heavy atom. The van der Waals surface area contributed by atoms with Crippen LogP contribution >= 0.6 is 0 Å². The van der Waals surface area contributed by atoms with Gasteiger partial charge in [0.15, 0.2) is 5.78 Å². The number of carbonyl (C=O) groups excluding carboxylic acids is 1. The summed E-state index contributed by atoms with van der Waals surface area (Å²) in [6.07, 6.45) is 1.85. The smallest absolute Gasteiger partial charge is 0.167 e. The molecule has 0 fully saturated rings. The van der Waals surface area contributed by atoms with Crippen molar-refractivity contribution in [1.82, 2.24) is 0 Å². The maximum atomic E-state index is 11.1. The summed E-state index contributed by atoms with van der Waals surface area (Å²) < 4.78 is 4.97. The van der Waals surface area contributed by atoms with Crippen molar-refractivity contribution in [1.29, 1.82) is 0 Å². The molecule has 0 saturated carbocycles. The SMILES string of the molecule is Cc1cc(C(=O)CCN)co1. The summed E-state index contributed by atoms with van der Waals surface area (Å²) in [5.74, 6) is 0.801. The molecule has 0 aliphatic heterocycles. The fourth-order valence-corrected chi connectivity index (χ4v) is 0.865. The first kappa shape index (κ1) is 8.01. The Hall–Kier alpha value is -1.09. The van der Waals surface area contributed by atoms with Crippen molar-refractivity contribution in [3.05, 3.63) is 23.7 Å². The number of nitrogens with two attached hydrogens (primary N) is 1. The van der Waals surface area contributed by atoms with Gasteiger partial charge in [-0.15, -0.1) is 0 Å². The maximum Gasteiger partial charge on any atom is 0.167 e. The molecule has 2 N–H and O–H groups in total. The van der Waals surface area contributed by atoms with Crippen molar-refractivity contribution in [3.8, 4) is 0 Å². The summed E-state index contributed by atoms with van der Waals surface area (Å²) in [5.41, 5.74) is 5.84. The Labute approximate surface area is 65.2 Å². The lowest BCUT2D eigenvalue weighted by molar-refractivity contribution is 0.0985. The fourth-order valence-electron chi connectivity index (χ4n) is 0.865. The molecule has 0 aliphatic carbocycles. The Kier molecular flexibility index (Phi) is 2.44. The van der Waals surface area contributed by atoms with Gasteiger partial charge in [0.2, 0.25) is 0 Å². The molecule has 0 atom stereocenters. The van der Waals surface area contributed by atoms with E-state index in [2.05, 4.69) is 0 Å². The Morgan fingerprint density at radius 3 is 2.91 bits per heavy atom. The first-order chi connectivity index (χ1) is 5.24. The quantitative estimate of drug-likeness (QED) is 0.662. The van der Waals surface area contributed by atoms with Crippen LogP contribution in [0.4, 0.5) is 0 Å². The van der Waals surface area contributed by atoms with Gasteiger partial charge in [-0.2, -0.15) is 0 Å². The highest BCUT2D eigenvalue weighted by Gasteiger charge is 2.06. The predicted molar refractivity (Wildman–Crippen MR) is 41.4 cm³/mol. The topological polar surface area (TPSA) is 56.2 Å². The molecule has 0 radical (unpaired) electrons. The summed E-state index contributed by atoms with van der Waals surface area (Å²) in [6, 6.07) is 1.72. The predicted octanol–water partition coefficient (Wildman–Crippen LogP) is 1.12. The van der Waals surface area contributed by atoms with E-state index in [-0.39, 0.29) is 5.78 Å². The van der Waals surface area contributed by atoms with E-state index in [9.17, 15) is 4.79 Å². The second-order valence-corrected chi connectivity index (χ2v) is 2.41. The highest BCUT2D eigenvalue weighted by atomic mass is 16.3. The van der Waals surface area contributed by atoms with Crippen LogP contribution in [0.15, 0.2) is 16.7 Å². The Morgan fingerprint density at radius 2 is 2.45 bits per heavy atom. The molecule has 0 amide bonds. The zero-order chi connectivity index (χ0) is 8.27. The molecule has 60 valence electrons. The minimum Gasteiger partial charge on any atom is -0.469 e. The number of carbonyl (C=O) groups is 1. The van der Waals surface area contributed by atoms with Crippen LogP contribution in [0, 0.1) is 6.92 Å². The first-order valence-corrected chi connectivity index (χ1v) is 3.52. The summed E-state index contributed by atoms with van der Waals surface area (Å²) >= 11 is 0. The molecular weight excluding hydrogens is 142 g/mol. The maximum absolute atomic E-state index is 11.1. The number of ketones is 1. The van der Waals surface area contributed by atoms with E-state index in [0.717, 1.165) is 5.76 Å². The number of rotatable bonds is 3. The standard InChI is InChI=1S/C8H11NO2/c1-6-4-7(5-11-6)8(10)2-3-9/h4-5H,2-3,9H2,1H3. The largest absolute Gasteiger partial charge is 0.469 e. The molecule has 1 aromatic rings. The van der Waals surface area contributed by atoms with Crippen LogP contribution < -0.4 is 5.73 Å². The van der Waals surface area contributed by atoms with Gasteiger partial charge in [-0.3, -0.25) is 4.79 Å². The molecule has 0 unspecified atom stereocenters. The summed E-state index contributed by atoms with van der Waals surface area (Å²) in [7, 11) is 0. The van der Waals surface area contributed by atoms with Crippen LogP contribution in [0.3, 0.4) is 0 Å². The van der Waals surface area contributed by atoms with Crippen molar-refractivity contribution < 1.29 is 9.21 Å². The summed E-state index contributed by atoms with van der Waals surface area (Å²) in [5, 5.41) is 0. The Bertz CT molecular complexity index is 252. The van der Waals surface area contributed by atoms with Gasteiger partial charge in [-0.25, -0.2) is 0 Å². The van der Waals surface area contributed by atoms with E-state index in [1.54, 1.807) is 13.0 Å². The van der Waals surface area contributed by atoms with Crippen LogP contribution in [0.1, 0.15) is 22.5 Å². The molecular formula is C8H11NO2. The lowest BCUT2D eigenvalue weighted by Gasteiger charge is -1.90. The van der Waals surface area contributed by atoms with Gasteiger partial charge < -0.3 is 10.2 Å². The number of Topliss-reactive ketones (excluding diaryl/α,β-unsaturated/α-hetero) is 1. The molecule has 1 aromatic heterocycles. The van der Waals surface area contributed by atoms with E-state index in [1.807, 2.05) is 0 Å². The molecule has 0 saturated heterocycles. The van der Waals surface area contributed by atoms with Crippen molar-refractivity contribution in [2.24, 2.45) is 5.73 Å². The molecule has 11 heavy (non-hydrogen) atoms. The van der Waals surface area contributed by atoms with Gasteiger partial charge in [0.1, 0.15) is 12.0 Å². The third kappa shape index (κ3) is 1.91. The van der Waals surface area contributed by atoms with E-state index in [4.69, 9.17) is 10.2 Å². The zero-order valence-electron chi connectivity index (χ0n) is 6.46. The molecule has 0 aromatic carbocycles. The van der Waals surface area contributed by atoms with Crippen molar-refractivity contribution in [3.63, 3.8) is 0 Å². The lowest BCUT2D eigenvalue weighted by atomic mass is 10.1. The van der Waals surface area contributed by atoms with Gasteiger partial charge >= 0.3 is 0 Å².